The fourth-order valence-corrected chi connectivity index (χ4v) is 2.34. The first-order valence-corrected chi connectivity index (χ1v) is 7.79. The Kier molecular flexibility index (Phi) is 5.06. The number of benzene rings is 1. The molecule has 0 aliphatic rings. The van der Waals surface area contributed by atoms with Gasteiger partial charge in [-0.3, -0.25) is 9.20 Å². The maximum absolute atomic E-state index is 12.6. The van der Waals surface area contributed by atoms with Gasteiger partial charge in [0.15, 0.2) is 12.3 Å². The molecule has 3 aromatic rings. The highest BCUT2D eigenvalue weighted by molar-refractivity contribution is 5.77. The summed E-state index contributed by atoms with van der Waals surface area (Å²) in [7, 11) is 0. The van der Waals surface area contributed by atoms with Gasteiger partial charge in [0.2, 0.25) is 0 Å². The average Bonchev–Trinajstić information content (AvgIpc) is 3.03. The maximum Gasteiger partial charge on any atom is 0.416 e. The van der Waals surface area contributed by atoms with Crippen LogP contribution in [0, 0.1) is 0 Å². The molecule has 1 amide bonds. The van der Waals surface area contributed by atoms with Crippen LogP contribution in [0.5, 0.6) is 5.75 Å². The summed E-state index contributed by atoms with van der Waals surface area (Å²) in [4.78, 5) is 11.8. The van der Waals surface area contributed by atoms with E-state index in [0.29, 0.717) is 24.4 Å². The van der Waals surface area contributed by atoms with Crippen molar-refractivity contribution < 1.29 is 22.7 Å². The summed E-state index contributed by atoms with van der Waals surface area (Å²) in [6.07, 6.45) is -2.17. The Morgan fingerprint density at radius 1 is 1.15 bits per heavy atom. The van der Waals surface area contributed by atoms with E-state index in [1.165, 1.54) is 12.1 Å². The summed E-state index contributed by atoms with van der Waals surface area (Å²) in [6.45, 7) is -0.0671. The zero-order valence-electron chi connectivity index (χ0n) is 13.5. The lowest BCUT2D eigenvalue weighted by atomic mass is 10.2. The quantitative estimate of drug-likeness (QED) is 0.730. The highest BCUT2D eigenvalue weighted by atomic mass is 19.4. The van der Waals surface area contributed by atoms with Crippen LogP contribution in [0.3, 0.4) is 0 Å². The molecule has 0 saturated carbocycles. The second-order valence-electron chi connectivity index (χ2n) is 5.46. The minimum atomic E-state index is -4.46. The Morgan fingerprint density at radius 3 is 2.81 bits per heavy atom. The lowest BCUT2D eigenvalue weighted by molar-refractivity contribution is -0.137. The summed E-state index contributed by atoms with van der Waals surface area (Å²) in [6, 6.07) is 9.91. The molecule has 1 N–H and O–H groups in total. The van der Waals surface area contributed by atoms with Gasteiger partial charge in [0, 0.05) is 19.2 Å². The fraction of sp³-hybridized carbons (Fsp3) is 0.235. The number of carbonyl (C=O) groups excluding carboxylic acids is 1. The predicted molar refractivity (Wildman–Crippen MR) is 86.6 cm³/mol. The first-order valence-electron chi connectivity index (χ1n) is 7.79. The van der Waals surface area contributed by atoms with Crippen LogP contribution in [0.1, 0.15) is 11.4 Å². The largest absolute Gasteiger partial charge is 0.484 e. The predicted octanol–water partition coefficient (Wildman–Crippen LogP) is 2.49. The van der Waals surface area contributed by atoms with Crippen LogP contribution in [0.15, 0.2) is 48.7 Å². The van der Waals surface area contributed by atoms with Gasteiger partial charge in [-0.05, 0) is 30.3 Å². The Balaban J connectivity index is 1.47. The minimum absolute atomic E-state index is 0.0153. The highest BCUT2D eigenvalue weighted by Crippen LogP contribution is 2.31. The Morgan fingerprint density at radius 2 is 2.00 bits per heavy atom. The van der Waals surface area contributed by atoms with E-state index in [1.54, 1.807) is 0 Å². The first-order chi connectivity index (χ1) is 12.4. The van der Waals surface area contributed by atoms with Crippen molar-refractivity contribution >= 4 is 11.6 Å². The molecular weight excluding hydrogens is 349 g/mol. The molecule has 26 heavy (non-hydrogen) atoms. The van der Waals surface area contributed by atoms with Gasteiger partial charge >= 0.3 is 6.18 Å². The minimum Gasteiger partial charge on any atom is -0.484 e. The molecule has 0 aliphatic heterocycles. The van der Waals surface area contributed by atoms with Crippen molar-refractivity contribution in [2.45, 2.75) is 12.6 Å². The zero-order chi connectivity index (χ0) is 18.6. The number of alkyl halides is 3. The van der Waals surface area contributed by atoms with Crippen LogP contribution >= 0.6 is 0 Å². The third kappa shape index (κ3) is 4.29. The number of carbonyl (C=O) groups is 1. The molecule has 0 fully saturated rings. The molecule has 9 heteroatoms. The molecule has 6 nitrogen and oxygen atoms in total. The number of nitrogens with one attached hydrogen (secondary N) is 1. The van der Waals surface area contributed by atoms with Crippen molar-refractivity contribution in [1.82, 2.24) is 19.9 Å². The van der Waals surface area contributed by atoms with Gasteiger partial charge in [0.25, 0.3) is 5.91 Å². The fourth-order valence-electron chi connectivity index (χ4n) is 2.34. The van der Waals surface area contributed by atoms with Gasteiger partial charge in [0.1, 0.15) is 11.6 Å². The molecule has 0 atom stereocenters. The second-order valence-corrected chi connectivity index (χ2v) is 5.46. The van der Waals surface area contributed by atoms with Crippen LogP contribution in [0.2, 0.25) is 0 Å². The Hall–Kier alpha value is -3.10. The van der Waals surface area contributed by atoms with E-state index >= 15 is 0 Å². The molecule has 3 rings (SSSR count). The molecule has 0 bridgehead atoms. The molecular formula is C17H15F3N4O2. The van der Waals surface area contributed by atoms with Crippen LogP contribution in [0.25, 0.3) is 5.65 Å². The van der Waals surface area contributed by atoms with Crippen molar-refractivity contribution in [3.8, 4) is 5.75 Å². The van der Waals surface area contributed by atoms with Gasteiger partial charge < -0.3 is 10.1 Å². The number of fused-ring (bicyclic) bond motifs is 1. The summed E-state index contributed by atoms with van der Waals surface area (Å²) in [5.74, 6) is 0.245. The van der Waals surface area contributed by atoms with Crippen LogP contribution in [-0.4, -0.2) is 33.7 Å². The molecule has 2 aromatic heterocycles. The topological polar surface area (TPSA) is 68.5 Å². The number of ether oxygens (including phenoxy) is 1. The number of nitrogens with zero attached hydrogens (tertiary/aromatic N) is 3. The lowest BCUT2D eigenvalue weighted by Crippen LogP contribution is -2.30. The molecule has 1 aromatic carbocycles. The molecule has 2 heterocycles. The summed E-state index contributed by atoms with van der Waals surface area (Å²) >= 11 is 0. The van der Waals surface area contributed by atoms with E-state index in [0.717, 1.165) is 12.1 Å². The van der Waals surface area contributed by atoms with E-state index < -0.39 is 17.6 Å². The first kappa shape index (κ1) is 17.7. The average molecular weight is 364 g/mol. The van der Waals surface area contributed by atoms with Crippen molar-refractivity contribution in [3.63, 3.8) is 0 Å². The normalized spacial score (nSPS) is 11.5. The summed E-state index contributed by atoms with van der Waals surface area (Å²) in [5, 5.41) is 10.7. The number of hydrogen-bond acceptors (Lipinski definition) is 4. The summed E-state index contributed by atoms with van der Waals surface area (Å²) in [5.41, 5.74) is -0.115. The number of hydrogen-bond donors (Lipinski definition) is 1. The van der Waals surface area contributed by atoms with E-state index in [-0.39, 0.29) is 12.4 Å². The molecule has 0 spiro atoms. The summed E-state index contributed by atoms with van der Waals surface area (Å²) < 4.78 is 44.8. The van der Waals surface area contributed by atoms with E-state index in [2.05, 4.69) is 15.5 Å². The number of halogens is 3. The molecule has 0 saturated heterocycles. The van der Waals surface area contributed by atoms with Gasteiger partial charge in [0.05, 0.1) is 5.56 Å². The monoisotopic (exact) mass is 364 g/mol. The van der Waals surface area contributed by atoms with E-state index in [9.17, 15) is 18.0 Å². The zero-order valence-corrected chi connectivity index (χ0v) is 13.5. The highest BCUT2D eigenvalue weighted by Gasteiger charge is 2.30. The van der Waals surface area contributed by atoms with Crippen LogP contribution in [0.4, 0.5) is 13.2 Å². The Labute approximate surface area is 146 Å². The van der Waals surface area contributed by atoms with Gasteiger partial charge in [-0.1, -0.05) is 12.1 Å². The van der Waals surface area contributed by atoms with Gasteiger partial charge in [-0.15, -0.1) is 10.2 Å². The molecule has 0 radical (unpaired) electrons. The number of pyridine rings is 1. The van der Waals surface area contributed by atoms with E-state index in [1.807, 2.05) is 28.8 Å². The van der Waals surface area contributed by atoms with Gasteiger partial charge in [-0.25, -0.2) is 0 Å². The molecule has 0 unspecified atom stereocenters. The Bertz CT molecular complexity index is 908. The van der Waals surface area contributed by atoms with E-state index in [4.69, 9.17) is 4.74 Å². The molecule has 136 valence electrons. The van der Waals surface area contributed by atoms with Crippen LogP contribution in [-0.2, 0) is 17.4 Å². The van der Waals surface area contributed by atoms with Crippen molar-refractivity contribution in [1.29, 1.82) is 0 Å². The number of amides is 1. The smallest absolute Gasteiger partial charge is 0.416 e. The van der Waals surface area contributed by atoms with Crippen molar-refractivity contribution in [2.75, 3.05) is 13.2 Å². The standard InChI is InChI=1S/C17H15F3N4O2/c18-17(19,20)12-4-3-5-13(10-12)26-11-16(25)21-8-7-15-23-22-14-6-1-2-9-24(14)15/h1-6,9-10H,7-8,11H2,(H,21,25). The number of rotatable bonds is 6. The van der Waals surface area contributed by atoms with Crippen molar-refractivity contribution in [2.24, 2.45) is 0 Å². The molecule has 0 aliphatic carbocycles. The maximum atomic E-state index is 12.6. The third-order valence-corrected chi connectivity index (χ3v) is 3.59. The van der Waals surface area contributed by atoms with Crippen LogP contribution < -0.4 is 10.1 Å². The number of aromatic nitrogens is 3. The van der Waals surface area contributed by atoms with Crippen molar-refractivity contribution in [3.05, 3.63) is 60.0 Å². The lowest BCUT2D eigenvalue weighted by Gasteiger charge is -2.10. The third-order valence-electron chi connectivity index (χ3n) is 3.59. The SMILES string of the molecule is O=C(COc1cccc(C(F)(F)F)c1)NCCc1nnc2ccccn12. The van der Waals surface area contributed by atoms with Gasteiger partial charge in [-0.2, -0.15) is 13.2 Å². The second kappa shape index (κ2) is 7.42.